The number of methoxy groups -OCH3 is 1. The fourth-order valence-electron chi connectivity index (χ4n) is 1.58. The highest BCUT2D eigenvalue weighted by molar-refractivity contribution is 5.73. The Kier molecular flexibility index (Phi) is 8.19. The molecule has 0 fully saturated rings. The summed E-state index contributed by atoms with van der Waals surface area (Å²) in [4.78, 5) is 15.6. The summed E-state index contributed by atoms with van der Waals surface area (Å²) in [6.07, 6.45) is 2.49. The van der Waals surface area contributed by atoms with Crippen molar-refractivity contribution in [1.29, 1.82) is 0 Å². The minimum atomic E-state index is -0.185. The average Bonchev–Trinajstić information content (AvgIpc) is 2.49. The van der Waals surface area contributed by atoms with Crippen LogP contribution in [0.4, 0.5) is 4.79 Å². The van der Waals surface area contributed by atoms with Crippen LogP contribution in [0.5, 0.6) is 5.88 Å². The molecule has 0 bridgehead atoms. The second kappa shape index (κ2) is 9.99. The Labute approximate surface area is 126 Å². The van der Waals surface area contributed by atoms with Gasteiger partial charge in [0.2, 0.25) is 5.88 Å². The third-order valence-corrected chi connectivity index (χ3v) is 2.66. The molecule has 1 rings (SSSR count). The van der Waals surface area contributed by atoms with E-state index < -0.39 is 0 Å². The average molecular weight is 295 g/mol. The van der Waals surface area contributed by atoms with Crippen molar-refractivity contribution in [3.05, 3.63) is 23.9 Å². The van der Waals surface area contributed by atoms with Gasteiger partial charge in [0.05, 0.1) is 7.11 Å². The van der Waals surface area contributed by atoms with Gasteiger partial charge in [0, 0.05) is 38.6 Å². The van der Waals surface area contributed by atoms with E-state index in [9.17, 15) is 4.79 Å². The molecule has 2 N–H and O–H groups in total. The van der Waals surface area contributed by atoms with Gasteiger partial charge in [0.15, 0.2) is 0 Å². The highest BCUT2D eigenvalue weighted by atomic mass is 16.5. The quantitative estimate of drug-likeness (QED) is 0.683. The topological polar surface area (TPSA) is 72.5 Å². The molecule has 2 amide bonds. The monoisotopic (exact) mass is 295 g/mol. The third kappa shape index (κ3) is 8.14. The van der Waals surface area contributed by atoms with Crippen LogP contribution >= 0.6 is 0 Å². The number of pyridine rings is 1. The molecule has 21 heavy (non-hydrogen) atoms. The summed E-state index contributed by atoms with van der Waals surface area (Å²) in [6, 6.07) is 3.45. The first-order chi connectivity index (χ1) is 10.1. The Morgan fingerprint density at radius 1 is 1.33 bits per heavy atom. The first kappa shape index (κ1) is 17.2. The first-order valence-electron chi connectivity index (χ1n) is 7.20. The van der Waals surface area contributed by atoms with Crippen molar-refractivity contribution in [2.75, 3.05) is 26.9 Å². The Hall–Kier alpha value is -1.82. The van der Waals surface area contributed by atoms with Gasteiger partial charge in [-0.1, -0.05) is 19.9 Å². The third-order valence-electron chi connectivity index (χ3n) is 2.66. The zero-order valence-corrected chi connectivity index (χ0v) is 13.0. The van der Waals surface area contributed by atoms with Crippen LogP contribution in [-0.4, -0.2) is 37.9 Å². The summed E-state index contributed by atoms with van der Waals surface area (Å²) < 4.78 is 10.4. The standard InChI is InChI=1S/C15H25N3O3/c1-12(2)11-21-8-4-7-16-15(19)18-10-13-5-6-14(20-3)17-9-13/h5-6,9,12H,4,7-8,10-11H2,1-3H3,(H2,16,18,19). The predicted octanol–water partition coefficient (Wildman–Crippen LogP) is 1.95. The maximum absolute atomic E-state index is 11.6. The van der Waals surface area contributed by atoms with Crippen molar-refractivity contribution in [2.24, 2.45) is 5.92 Å². The van der Waals surface area contributed by atoms with Gasteiger partial charge < -0.3 is 20.1 Å². The molecule has 0 radical (unpaired) electrons. The van der Waals surface area contributed by atoms with E-state index in [0.717, 1.165) is 18.6 Å². The molecule has 1 aromatic rings. The van der Waals surface area contributed by atoms with E-state index in [1.54, 1.807) is 19.4 Å². The van der Waals surface area contributed by atoms with Crippen molar-refractivity contribution in [1.82, 2.24) is 15.6 Å². The molecule has 0 saturated heterocycles. The fraction of sp³-hybridized carbons (Fsp3) is 0.600. The molecule has 6 heteroatoms. The first-order valence-corrected chi connectivity index (χ1v) is 7.20. The molecule has 0 spiro atoms. The van der Waals surface area contributed by atoms with Crippen LogP contribution in [0.2, 0.25) is 0 Å². The lowest BCUT2D eigenvalue weighted by Crippen LogP contribution is -2.35. The molecule has 118 valence electrons. The van der Waals surface area contributed by atoms with E-state index in [4.69, 9.17) is 9.47 Å². The van der Waals surface area contributed by atoms with Crippen molar-refractivity contribution in [2.45, 2.75) is 26.8 Å². The van der Waals surface area contributed by atoms with Crippen LogP contribution in [0.15, 0.2) is 18.3 Å². The van der Waals surface area contributed by atoms with Crippen molar-refractivity contribution in [3.63, 3.8) is 0 Å². The highest BCUT2D eigenvalue weighted by Crippen LogP contribution is 2.05. The lowest BCUT2D eigenvalue weighted by molar-refractivity contribution is 0.108. The molecule has 1 heterocycles. The maximum Gasteiger partial charge on any atom is 0.315 e. The number of hydrogen-bond donors (Lipinski definition) is 2. The van der Waals surface area contributed by atoms with Crippen LogP contribution in [0.25, 0.3) is 0 Å². The van der Waals surface area contributed by atoms with E-state index >= 15 is 0 Å². The Morgan fingerprint density at radius 2 is 2.14 bits per heavy atom. The number of ether oxygens (including phenoxy) is 2. The number of amides is 2. The summed E-state index contributed by atoms with van der Waals surface area (Å²) >= 11 is 0. The summed E-state index contributed by atoms with van der Waals surface area (Å²) in [5.74, 6) is 1.10. The molecule has 0 atom stereocenters. The second-order valence-electron chi connectivity index (χ2n) is 5.14. The van der Waals surface area contributed by atoms with Crippen molar-refractivity contribution < 1.29 is 14.3 Å². The SMILES string of the molecule is COc1ccc(CNC(=O)NCCCOCC(C)C)cn1. The summed E-state index contributed by atoms with van der Waals surface area (Å²) in [6.45, 7) is 6.69. The maximum atomic E-state index is 11.6. The number of aromatic nitrogens is 1. The number of carbonyl (C=O) groups excluding carboxylic acids is 1. The number of rotatable bonds is 9. The Bertz CT molecular complexity index is 407. The number of nitrogens with one attached hydrogen (secondary N) is 2. The highest BCUT2D eigenvalue weighted by Gasteiger charge is 2.01. The van der Waals surface area contributed by atoms with Gasteiger partial charge in [-0.2, -0.15) is 0 Å². The number of carbonyl (C=O) groups is 1. The van der Waals surface area contributed by atoms with Gasteiger partial charge in [-0.15, -0.1) is 0 Å². The number of nitrogens with zero attached hydrogens (tertiary/aromatic N) is 1. The van der Waals surface area contributed by atoms with E-state index in [2.05, 4.69) is 29.5 Å². The minimum Gasteiger partial charge on any atom is -0.481 e. The fourth-order valence-corrected chi connectivity index (χ4v) is 1.58. The van der Waals surface area contributed by atoms with E-state index in [1.165, 1.54) is 0 Å². The van der Waals surface area contributed by atoms with Crippen LogP contribution in [0.1, 0.15) is 25.8 Å². The van der Waals surface area contributed by atoms with Gasteiger partial charge in [0.25, 0.3) is 0 Å². The summed E-state index contributed by atoms with van der Waals surface area (Å²) in [7, 11) is 1.57. The molecular formula is C15H25N3O3. The van der Waals surface area contributed by atoms with Crippen LogP contribution in [0.3, 0.4) is 0 Å². The number of hydrogen-bond acceptors (Lipinski definition) is 4. The van der Waals surface area contributed by atoms with Crippen molar-refractivity contribution in [3.8, 4) is 5.88 Å². The van der Waals surface area contributed by atoms with Gasteiger partial charge in [-0.3, -0.25) is 0 Å². The Balaban J connectivity index is 2.08. The molecule has 6 nitrogen and oxygen atoms in total. The van der Waals surface area contributed by atoms with Crippen LogP contribution < -0.4 is 15.4 Å². The largest absolute Gasteiger partial charge is 0.481 e. The molecule has 0 unspecified atom stereocenters. The van der Waals surface area contributed by atoms with Crippen LogP contribution in [0, 0.1) is 5.92 Å². The van der Waals surface area contributed by atoms with Gasteiger partial charge in [-0.05, 0) is 17.9 Å². The van der Waals surface area contributed by atoms with Gasteiger partial charge in [-0.25, -0.2) is 9.78 Å². The van der Waals surface area contributed by atoms with Crippen molar-refractivity contribution >= 4 is 6.03 Å². The van der Waals surface area contributed by atoms with Gasteiger partial charge in [0.1, 0.15) is 0 Å². The zero-order chi connectivity index (χ0) is 15.5. The molecule has 1 aromatic heterocycles. The summed E-state index contributed by atoms with van der Waals surface area (Å²) in [5, 5.41) is 5.56. The molecular weight excluding hydrogens is 270 g/mol. The molecule has 0 aliphatic heterocycles. The second-order valence-corrected chi connectivity index (χ2v) is 5.14. The van der Waals surface area contributed by atoms with E-state index in [0.29, 0.717) is 31.5 Å². The zero-order valence-electron chi connectivity index (χ0n) is 13.0. The Morgan fingerprint density at radius 3 is 2.76 bits per heavy atom. The van der Waals surface area contributed by atoms with Gasteiger partial charge >= 0.3 is 6.03 Å². The summed E-state index contributed by atoms with van der Waals surface area (Å²) in [5.41, 5.74) is 0.922. The lowest BCUT2D eigenvalue weighted by Gasteiger charge is -2.09. The van der Waals surface area contributed by atoms with E-state index in [-0.39, 0.29) is 6.03 Å². The predicted molar refractivity (Wildman–Crippen MR) is 81.3 cm³/mol. The lowest BCUT2D eigenvalue weighted by atomic mass is 10.2. The molecule has 0 aliphatic carbocycles. The van der Waals surface area contributed by atoms with E-state index in [1.807, 2.05) is 6.07 Å². The smallest absolute Gasteiger partial charge is 0.315 e. The molecule has 0 aliphatic rings. The van der Waals surface area contributed by atoms with Crippen LogP contribution in [-0.2, 0) is 11.3 Å². The normalized spacial score (nSPS) is 10.5. The minimum absolute atomic E-state index is 0.185. The number of urea groups is 1. The molecule has 0 saturated carbocycles. The molecule has 0 aromatic carbocycles.